The lowest BCUT2D eigenvalue weighted by Crippen LogP contribution is -2.13. The van der Waals surface area contributed by atoms with Crippen molar-refractivity contribution in [1.82, 2.24) is 4.98 Å². The lowest BCUT2D eigenvalue weighted by molar-refractivity contribution is 0.304. The van der Waals surface area contributed by atoms with Crippen molar-refractivity contribution in [2.75, 3.05) is 0 Å². The molecule has 0 aliphatic heterocycles. The van der Waals surface area contributed by atoms with Gasteiger partial charge >= 0.3 is 0 Å². The predicted molar refractivity (Wildman–Crippen MR) is 92.5 cm³/mol. The molecule has 0 saturated carbocycles. The molecule has 0 spiro atoms. The Labute approximate surface area is 139 Å². The molecule has 2 N–H and O–H groups in total. The number of thiazole rings is 1. The summed E-state index contributed by atoms with van der Waals surface area (Å²) in [7, 11) is 0. The van der Waals surface area contributed by atoms with Crippen LogP contribution in [-0.2, 0) is 12.0 Å². The SMILES string of the molecule is CC(C)(C)c1csc(COc2cccc(Cl)c2C(N)=S)n1. The number of benzene rings is 1. The molecule has 6 heteroatoms. The molecule has 0 aliphatic rings. The van der Waals surface area contributed by atoms with Gasteiger partial charge in [0.15, 0.2) is 0 Å². The molecule has 0 radical (unpaired) electrons. The second-order valence-corrected chi connectivity index (χ2v) is 7.43. The van der Waals surface area contributed by atoms with Crippen LogP contribution in [0.2, 0.25) is 5.02 Å². The van der Waals surface area contributed by atoms with Gasteiger partial charge in [-0.2, -0.15) is 0 Å². The Bertz CT molecular complexity index is 662. The van der Waals surface area contributed by atoms with E-state index in [9.17, 15) is 0 Å². The van der Waals surface area contributed by atoms with Crippen LogP contribution in [0.4, 0.5) is 0 Å². The van der Waals surface area contributed by atoms with Gasteiger partial charge in [-0.1, -0.05) is 50.7 Å². The first-order valence-corrected chi connectivity index (χ1v) is 8.11. The summed E-state index contributed by atoms with van der Waals surface area (Å²) in [5, 5.41) is 3.47. The van der Waals surface area contributed by atoms with Crippen molar-refractivity contribution >= 4 is 40.1 Å². The summed E-state index contributed by atoms with van der Waals surface area (Å²) in [4.78, 5) is 4.82. The normalized spacial score (nSPS) is 11.4. The Hall–Kier alpha value is -1.17. The molecule has 2 aromatic rings. The van der Waals surface area contributed by atoms with Gasteiger partial charge in [0.2, 0.25) is 0 Å². The molecule has 1 aromatic heterocycles. The minimum Gasteiger partial charge on any atom is -0.486 e. The third kappa shape index (κ3) is 3.93. The van der Waals surface area contributed by atoms with Gasteiger partial charge in [0, 0.05) is 10.8 Å². The van der Waals surface area contributed by atoms with E-state index in [1.54, 1.807) is 23.5 Å². The van der Waals surface area contributed by atoms with E-state index >= 15 is 0 Å². The van der Waals surface area contributed by atoms with Crippen molar-refractivity contribution < 1.29 is 4.74 Å². The zero-order valence-corrected chi connectivity index (χ0v) is 14.5. The zero-order chi connectivity index (χ0) is 15.6. The fourth-order valence-electron chi connectivity index (χ4n) is 1.72. The van der Waals surface area contributed by atoms with Crippen LogP contribution >= 0.6 is 35.2 Å². The van der Waals surface area contributed by atoms with Crippen LogP contribution in [0.25, 0.3) is 0 Å². The number of hydrogen-bond acceptors (Lipinski definition) is 4. The highest BCUT2D eigenvalue weighted by Gasteiger charge is 2.18. The molecule has 0 saturated heterocycles. The number of halogens is 1. The molecule has 0 bridgehead atoms. The van der Waals surface area contributed by atoms with Crippen molar-refractivity contribution in [1.29, 1.82) is 0 Å². The monoisotopic (exact) mass is 340 g/mol. The molecule has 1 heterocycles. The Balaban J connectivity index is 2.16. The van der Waals surface area contributed by atoms with Crippen molar-refractivity contribution in [2.24, 2.45) is 5.73 Å². The van der Waals surface area contributed by atoms with Gasteiger partial charge in [-0.15, -0.1) is 11.3 Å². The fourth-order valence-corrected chi connectivity index (χ4v) is 3.19. The maximum absolute atomic E-state index is 6.11. The standard InChI is InChI=1S/C15H17ClN2OS2/c1-15(2,3)11-8-21-12(18-11)7-19-10-6-4-5-9(16)13(10)14(17)20/h4-6,8H,7H2,1-3H3,(H2,17,20). The molecule has 3 nitrogen and oxygen atoms in total. The summed E-state index contributed by atoms with van der Waals surface area (Å²) in [5.74, 6) is 0.586. The van der Waals surface area contributed by atoms with Crippen LogP contribution in [-0.4, -0.2) is 9.97 Å². The molecule has 112 valence electrons. The zero-order valence-electron chi connectivity index (χ0n) is 12.1. The number of rotatable bonds is 4. The summed E-state index contributed by atoms with van der Waals surface area (Å²) in [6, 6.07) is 5.35. The van der Waals surface area contributed by atoms with Gasteiger partial charge < -0.3 is 10.5 Å². The number of hydrogen-bond donors (Lipinski definition) is 1. The molecule has 0 unspecified atom stereocenters. The minimum atomic E-state index is 0.0365. The van der Waals surface area contributed by atoms with E-state index in [1.165, 1.54) is 0 Å². The van der Waals surface area contributed by atoms with Gasteiger partial charge in [-0.05, 0) is 12.1 Å². The molecular formula is C15H17ClN2OS2. The van der Waals surface area contributed by atoms with Gasteiger partial charge in [-0.25, -0.2) is 4.98 Å². The fraction of sp³-hybridized carbons (Fsp3) is 0.333. The van der Waals surface area contributed by atoms with Crippen molar-refractivity contribution in [3.63, 3.8) is 0 Å². The second-order valence-electron chi connectivity index (χ2n) is 5.64. The molecule has 0 aliphatic carbocycles. The molecule has 0 fully saturated rings. The molecule has 21 heavy (non-hydrogen) atoms. The molecule has 2 rings (SSSR count). The summed E-state index contributed by atoms with van der Waals surface area (Å²) in [5.41, 5.74) is 7.37. The van der Waals surface area contributed by atoms with Crippen molar-refractivity contribution in [3.05, 3.63) is 44.9 Å². The number of aromatic nitrogens is 1. The summed E-state index contributed by atoms with van der Waals surface area (Å²) >= 11 is 12.7. The molecule has 0 atom stereocenters. The largest absolute Gasteiger partial charge is 0.486 e. The Kier molecular flexibility index (Phi) is 4.86. The first-order chi connectivity index (χ1) is 9.79. The average Bonchev–Trinajstić information content (AvgIpc) is 2.84. The first kappa shape index (κ1) is 16.2. The summed E-state index contributed by atoms with van der Waals surface area (Å²) < 4.78 is 5.79. The van der Waals surface area contributed by atoms with Crippen LogP contribution in [0.1, 0.15) is 37.0 Å². The van der Waals surface area contributed by atoms with Crippen LogP contribution in [0.15, 0.2) is 23.6 Å². The van der Waals surface area contributed by atoms with E-state index in [0.29, 0.717) is 22.9 Å². The Morgan fingerprint density at radius 1 is 1.43 bits per heavy atom. The lowest BCUT2D eigenvalue weighted by atomic mass is 9.93. The van der Waals surface area contributed by atoms with Crippen LogP contribution in [0, 0.1) is 0 Å². The minimum absolute atomic E-state index is 0.0365. The maximum atomic E-state index is 6.11. The Morgan fingerprint density at radius 2 is 2.14 bits per heavy atom. The van der Waals surface area contributed by atoms with Crippen molar-refractivity contribution in [3.8, 4) is 5.75 Å². The van der Waals surface area contributed by atoms with Gasteiger partial charge in [0.1, 0.15) is 22.4 Å². The van der Waals surface area contributed by atoms with E-state index in [1.807, 2.05) is 6.07 Å². The number of nitrogens with two attached hydrogens (primary N) is 1. The van der Waals surface area contributed by atoms with E-state index < -0.39 is 0 Å². The molecule has 0 amide bonds. The topological polar surface area (TPSA) is 48.1 Å². The Morgan fingerprint density at radius 3 is 2.71 bits per heavy atom. The molecular weight excluding hydrogens is 324 g/mol. The maximum Gasteiger partial charge on any atom is 0.140 e. The van der Waals surface area contributed by atoms with Gasteiger partial charge in [0.05, 0.1) is 16.3 Å². The highest BCUT2D eigenvalue weighted by molar-refractivity contribution is 7.80. The third-order valence-corrected chi connectivity index (χ3v) is 4.23. The smallest absolute Gasteiger partial charge is 0.140 e. The summed E-state index contributed by atoms with van der Waals surface area (Å²) in [6.07, 6.45) is 0. The van der Waals surface area contributed by atoms with Gasteiger partial charge in [-0.3, -0.25) is 0 Å². The highest BCUT2D eigenvalue weighted by Crippen LogP contribution is 2.28. The van der Waals surface area contributed by atoms with E-state index in [4.69, 9.17) is 34.3 Å². The van der Waals surface area contributed by atoms with E-state index in [2.05, 4.69) is 31.1 Å². The number of nitrogens with zero attached hydrogens (tertiary/aromatic N) is 1. The first-order valence-electron chi connectivity index (χ1n) is 6.45. The number of thiocarbonyl (C=S) groups is 1. The second kappa shape index (κ2) is 6.30. The van der Waals surface area contributed by atoms with E-state index in [-0.39, 0.29) is 10.4 Å². The van der Waals surface area contributed by atoms with Gasteiger partial charge in [0.25, 0.3) is 0 Å². The predicted octanol–water partition coefficient (Wildman–Crippen LogP) is 4.31. The molecule has 1 aromatic carbocycles. The summed E-state index contributed by atoms with van der Waals surface area (Å²) in [6.45, 7) is 6.77. The quantitative estimate of drug-likeness (QED) is 0.843. The lowest BCUT2D eigenvalue weighted by Gasteiger charge is -2.14. The van der Waals surface area contributed by atoms with Crippen LogP contribution in [0.5, 0.6) is 5.75 Å². The third-order valence-electron chi connectivity index (χ3n) is 2.89. The van der Waals surface area contributed by atoms with Crippen LogP contribution < -0.4 is 10.5 Å². The number of ether oxygens (including phenoxy) is 1. The van der Waals surface area contributed by atoms with Crippen molar-refractivity contribution in [2.45, 2.75) is 32.8 Å². The average molecular weight is 341 g/mol. The highest BCUT2D eigenvalue weighted by atomic mass is 35.5. The van der Waals surface area contributed by atoms with Crippen LogP contribution in [0.3, 0.4) is 0 Å². The van der Waals surface area contributed by atoms with E-state index in [0.717, 1.165) is 10.7 Å².